The maximum Gasteiger partial charge on any atom is -0.00605 e. The summed E-state index contributed by atoms with van der Waals surface area (Å²) in [6.45, 7) is 0. The second kappa shape index (κ2) is 2.55. The van der Waals surface area contributed by atoms with E-state index >= 15 is 0 Å². The van der Waals surface area contributed by atoms with Gasteiger partial charge < -0.3 is 0 Å². The van der Waals surface area contributed by atoms with Gasteiger partial charge in [0, 0.05) is 0 Å². The molecule has 0 atom stereocenters. The van der Waals surface area contributed by atoms with Gasteiger partial charge in [-0.05, 0) is 26.6 Å². The van der Waals surface area contributed by atoms with E-state index in [1.165, 1.54) is 0 Å². The molecular weight excluding hydrogens is 108 g/mol. The van der Waals surface area contributed by atoms with Crippen molar-refractivity contribution >= 4 is 10.4 Å². The minimum absolute atomic E-state index is 0.657. The second-order valence-corrected chi connectivity index (χ2v) is 5.21. The number of hydrogen-bond donors (Lipinski definition) is 2. The van der Waals surface area contributed by atoms with Gasteiger partial charge in [0.25, 0.3) is 0 Å². The van der Waals surface area contributed by atoms with Crippen molar-refractivity contribution in [3.05, 3.63) is 0 Å². The van der Waals surface area contributed by atoms with Crippen LogP contribution >= 0.6 is 10.4 Å². The van der Waals surface area contributed by atoms with Crippen LogP contribution in [-0.4, -0.2) is 26.6 Å². The maximum atomic E-state index is 3.16. The molecule has 0 aromatic rings. The zero-order chi connectivity index (χ0) is 5.91. The van der Waals surface area contributed by atoms with Crippen LogP contribution in [0.5, 0.6) is 0 Å². The molecule has 0 aromatic heterocycles. The Labute approximate surface area is 47.3 Å². The molecule has 2 nitrogen and oxygen atoms in total. The molecule has 0 spiro atoms. The van der Waals surface area contributed by atoms with Crippen molar-refractivity contribution in [3.63, 3.8) is 0 Å². The van der Waals surface area contributed by atoms with Gasteiger partial charge in [0.05, 0.1) is 0 Å². The summed E-state index contributed by atoms with van der Waals surface area (Å²) in [6, 6.07) is 0. The van der Waals surface area contributed by atoms with Crippen molar-refractivity contribution < 1.29 is 0 Å². The van der Waals surface area contributed by atoms with Crippen LogP contribution in [0.15, 0.2) is 0 Å². The number of nitrogens with one attached hydrogen (secondary N) is 2. The lowest BCUT2D eigenvalue weighted by atomic mass is 11.6. The van der Waals surface area contributed by atoms with Gasteiger partial charge in [0.1, 0.15) is 0 Å². The first kappa shape index (κ1) is 7.27. The Hall–Kier alpha value is 0.270. The minimum atomic E-state index is -0.657. The van der Waals surface area contributed by atoms with E-state index in [-0.39, 0.29) is 0 Å². The first-order valence-electron chi connectivity index (χ1n) is 2.22. The summed E-state index contributed by atoms with van der Waals surface area (Å²) in [4.78, 5) is 0. The molecule has 3 heteroatoms. The minimum Gasteiger partial charge on any atom is -0.273 e. The molecule has 0 unspecified atom stereocenters. The number of hydrogen-bond acceptors (Lipinski definition) is 2. The molecule has 0 aliphatic carbocycles. The van der Waals surface area contributed by atoms with Crippen LogP contribution in [0.1, 0.15) is 0 Å². The van der Waals surface area contributed by atoms with Crippen molar-refractivity contribution in [3.8, 4) is 0 Å². The Morgan fingerprint density at radius 1 is 1.00 bits per heavy atom. The molecule has 0 radical (unpaired) electrons. The summed E-state index contributed by atoms with van der Waals surface area (Å²) in [5.41, 5.74) is 0. The highest BCUT2D eigenvalue weighted by atomic mass is 32.3. The first-order valence-corrected chi connectivity index (χ1v) is 4.67. The molecule has 2 N–H and O–H groups in total. The van der Waals surface area contributed by atoms with Crippen molar-refractivity contribution in [1.82, 2.24) is 9.44 Å². The number of rotatable bonds is 2. The maximum absolute atomic E-state index is 3.16. The molecule has 0 aliphatic heterocycles. The van der Waals surface area contributed by atoms with E-state index < -0.39 is 10.4 Å². The first-order chi connectivity index (χ1) is 3.12. The highest BCUT2D eigenvalue weighted by Crippen LogP contribution is 2.25. The van der Waals surface area contributed by atoms with Gasteiger partial charge >= 0.3 is 0 Å². The monoisotopic (exact) mass is 122 g/mol. The molecule has 0 heterocycles. The fourth-order valence-corrected chi connectivity index (χ4v) is 0.306. The Kier molecular flexibility index (Phi) is 2.64. The highest BCUT2D eigenvalue weighted by Gasteiger charge is 1.99. The quantitative estimate of drug-likeness (QED) is 0.551. The van der Waals surface area contributed by atoms with Crippen molar-refractivity contribution in [1.29, 1.82) is 0 Å². The second-order valence-electron chi connectivity index (χ2n) is 1.74. The molecule has 7 heavy (non-hydrogen) atoms. The van der Waals surface area contributed by atoms with Crippen molar-refractivity contribution in [2.24, 2.45) is 0 Å². The molecule has 0 fully saturated rings. The zero-order valence-corrected chi connectivity index (χ0v) is 6.22. The third kappa shape index (κ3) is 2.91. The van der Waals surface area contributed by atoms with E-state index in [9.17, 15) is 0 Å². The normalized spacial score (nSPS) is 14.3. The fourth-order valence-electron chi connectivity index (χ4n) is 0.102. The molecule has 0 amide bonds. The highest BCUT2D eigenvalue weighted by molar-refractivity contribution is 8.29. The van der Waals surface area contributed by atoms with Crippen LogP contribution in [0.3, 0.4) is 0 Å². The fraction of sp³-hybridized carbons (Fsp3) is 1.00. The van der Waals surface area contributed by atoms with Gasteiger partial charge in [-0.25, -0.2) is 0 Å². The Bertz CT molecular complexity index is 47.7. The summed E-state index contributed by atoms with van der Waals surface area (Å²) in [5, 5.41) is 0. The van der Waals surface area contributed by atoms with Gasteiger partial charge in [0.15, 0.2) is 0 Å². The predicted octanol–water partition coefficient (Wildman–Crippen LogP) is 0.319. The van der Waals surface area contributed by atoms with E-state index in [1.807, 2.05) is 14.1 Å². The largest absolute Gasteiger partial charge is 0.273 e. The van der Waals surface area contributed by atoms with Gasteiger partial charge in [-0.1, -0.05) is 0 Å². The van der Waals surface area contributed by atoms with Gasteiger partial charge in [-0.15, -0.1) is 10.4 Å². The van der Waals surface area contributed by atoms with Gasteiger partial charge in [-0.3, -0.25) is 9.44 Å². The summed E-state index contributed by atoms with van der Waals surface area (Å²) >= 11 is 0. The van der Waals surface area contributed by atoms with E-state index in [4.69, 9.17) is 0 Å². The lowest BCUT2D eigenvalue weighted by molar-refractivity contribution is 1.16. The third-order valence-electron chi connectivity index (χ3n) is 1.02. The lowest BCUT2D eigenvalue weighted by Gasteiger charge is -2.29. The average molecular weight is 122 g/mol. The molecule has 0 bridgehead atoms. The van der Waals surface area contributed by atoms with E-state index in [0.29, 0.717) is 0 Å². The smallest absolute Gasteiger partial charge is 0.00605 e. The van der Waals surface area contributed by atoms with Crippen molar-refractivity contribution in [2.75, 3.05) is 26.6 Å². The molecule has 0 saturated carbocycles. The SMILES string of the molecule is CNS(C)(C)NC. The zero-order valence-electron chi connectivity index (χ0n) is 5.41. The Morgan fingerprint density at radius 2 is 1.29 bits per heavy atom. The molecular formula is C4H14N2S. The summed E-state index contributed by atoms with van der Waals surface area (Å²) in [5.74, 6) is 0. The Balaban J connectivity index is 3.36. The molecule has 0 aliphatic rings. The van der Waals surface area contributed by atoms with Gasteiger partial charge in [-0.2, -0.15) is 0 Å². The molecule has 0 rings (SSSR count). The van der Waals surface area contributed by atoms with Crippen LogP contribution in [-0.2, 0) is 0 Å². The van der Waals surface area contributed by atoms with Crippen LogP contribution in [0.25, 0.3) is 0 Å². The third-order valence-corrected chi connectivity index (χ3v) is 3.06. The topological polar surface area (TPSA) is 24.1 Å². The van der Waals surface area contributed by atoms with Crippen LogP contribution in [0, 0.1) is 0 Å². The lowest BCUT2D eigenvalue weighted by Crippen LogP contribution is -2.24. The summed E-state index contributed by atoms with van der Waals surface area (Å²) in [7, 11) is 3.27. The van der Waals surface area contributed by atoms with Crippen LogP contribution < -0.4 is 9.44 Å². The van der Waals surface area contributed by atoms with Crippen LogP contribution in [0.2, 0.25) is 0 Å². The predicted molar refractivity (Wildman–Crippen MR) is 37.6 cm³/mol. The summed E-state index contributed by atoms with van der Waals surface area (Å²) < 4.78 is 6.33. The molecule has 0 saturated heterocycles. The van der Waals surface area contributed by atoms with E-state index in [0.717, 1.165) is 0 Å². The Morgan fingerprint density at radius 3 is 1.29 bits per heavy atom. The van der Waals surface area contributed by atoms with Crippen molar-refractivity contribution in [2.45, 2.75) is 0 Å². The van der Waals surface area contributed by atoms with Gasteiger partial charge in [0.2, 0.25) is 0 Å². The molecule has 46 valence electrons. The summed E-state index contributed by atoms with van der Waals surface area (Å²) in [6.07, 6.45) is 4.32. The van der Waals surface area contributed by atoms with Crippen LogP contribution in [0.4, 0.5) is 0 Å². The molecule has 0 aromatic carbocycles. The standard InChI is InChI=1S/C4H14N2S/c1-5-7(3,4)6-2/h5-6H,1-4H3. The van der Waals surface area contributed by atoms with E-state index in [1.54, 1.807) is 0 Å². The van der Waals surface area contributed by atoms with E-state index in [2.05, 4.69) is 22.0 Å². The average Bonchev–Trinajstić information content (AvgIpc) is 1.68.